The number of benzene rings is 2. The molecule has 2 aromatic carbocycles. The molecular weight excluding hydrogens is 398 g/mol. The van der Waals surface area contributed by atoms with Gasteiger partial charge >= 0.3 is 0 Å². The maximum Gasteiger partial charge on any atom is 0.171 e. The van der Waals surface area contributed by atoms with Crippen molar-refractivity contribution in [2.75, 3.05) is 36.5 Å². The van der Waals surface area contributed by atoms with Crippen molar-refractivity contribution in [1.29, 1.82) is 0 Å². The molecule has 1 fully saturated rings. The lowest BCUT2D eigenvalue weighted by molar-refractivity contribution is 0.122. The van der Waals surface area contributed by atoms with Gasteiger partial charge in [0, 0.05) is 35.5 Å². The molecule has 1 aliphatic rings. The molecule has 1 heterocycles. The maximum absolute atomic E-state index is 5.40. The number of halogens is 1. The van der Waals surface area contributed by atoms with E-state index in [0.717, 1.165) is 36.5 Å². The predicted molar refractivity (Wildman–Crippen MR) is 111 cm³/mol. The van der Waals surface area contributed by atoms with E-state index in [2.05, 4.69) is 68.7 Å². The summed E-state index contributed by atoms with van der Waals surface area (Å²) in [6, 6.07) is 14.7. The summed E-state index contributed by atoms with van der Waals surface area (Å²) in [5.74, 6) is 0. The van der Waals surface area contributed by atoms with Crippen molar-refractivity contribution in [2.24, 2.45) is 0 Å². The van der Waals surface area contributed by atoms with Crippen LogP contribution in [0.15, 0.2) is 46.9 Å². The first-order valence-electron chi connectivity index (χ1n) is 8.34. The van der Waals surface area contributed by atoms with E-state index in [9.17, 15) is 0 Å². The number of aryl methyl sites for hydroxylation is 1. The highest BCUT2D eigenvalue weighted by atomic mass is 79.9. The van der Waals surface area contributed by atoms with Crippen LogP contribution in [0.5, 0.6) is 0 Å². The highest BCUT2D eigenvalue weighted by Crippen LogP contribution is 2.20. The number of ether oxygens (including phenoxy) is 1. The van der Waals surface area contributed by atoms with Crippen molar-refractivity contribution in [3.05, 3.63) is 58.1 Å². The Morgan fingerprint density at radius 2 is 1.88 bits per heavy atom. The van der Waals surface area contributed by atoms with E-state index in [4.69, 9.17) is 17.0 Å². The predicted octanol–water partition coefficient (Wildman–Crippen LogP) is 4.08. The number of thiocarbonyl (C=S) groups is 1. The average Bonchev–Trinajstić information content (AvgIpc) is 2.64. The topological polar surface area (TPSA) is 36.5 Å². The normalized spacial score (nSPS) is 14.2. The van der Waals surface area contributed by atoms with Gasteiger partial charge in [0.1, 0.15) is 0 Å². The van der Waals surface area contributed by atoms with Crippen LogP contribution in [-0.2, 0) is 11.3 Å². The van der Waals surface area contributed by atoms with E-state index >= 15 is 0 Å². The smallest absolute Gasteiger partial charge is 0.171 e. The highest BCUT2D eigenvalue weighted by Gasteiger charge is 2.10. The molecule has 0 bridgehead atoms. The Morgan fingerprint density at radius 3 is 2.56 bits per heavy atom. The van der Waals surface area contributed by atoms with Gasteiger partial charge in [-0.1, -0.05) is 28.1 Å². The van der Waals surface area contributed by atoms with Crippen LogP contribution in [0.25, 0.3) is 0 Å². The first-order valence-corrected chi connectivity index (χ1v) is 9.54. The van der Waals surface area contributed by atoms with E-state index in [1.165, 1.54) is 16.8 Å². The van der Waals surface area contributed by atoms with E-state index in [1.807, 2.05) is 12.1 Å². The molecule has 2 aromatic rings. The van der Waals surface area contributed by atoms with Gasteiger partial charge in [-0.15, -0.1) is 0 Å². The van der Waals surface area contributed by atoms with Gasteiger partial charge in [-0.3, -0.25) is 0 Å². The van der Waals surface area contributed by atoms with E-state index in [0.29, 0.717) is 11.7 Å². The van der Waals surface area contributed by atoms with Crippen molar-refractivity contribution in [1.82, 2.24) is 5.32 Å². The third-order valence-corrected chi connectivity index (χ3v) is 5.32. The Bertz CT molecular complexity index is 730. The molecule has 0 aliphatic carbocycles. The van der Waals surface area contributed by atoms with Crippen LogP contribution in [0.4, 0.5) is 11.4 Å². The number of anilines is 2. The van der Waals surface area contributed by atoms with Crippen LogP contribution in [0.3, 0.4) is 0 Å². The number of nitrogens with zero attached hydrogens (tertiary/aromatic N) is 1. The Kier molecular flexibility index (Phi) is 6.29. The van der Waals surface area contributed by atoms with Gasteiger partial charge in [0.2, 0.25) is 0 Å². The minimum absolute atomic E-state index is 0.624. The lowest BCUT2D eigenvalue weighted by Gasteiger charge is -2.28. The Hall–Kier alpha value is -1.63. The molecule has 132 valence electrons. The second-order valence-corrected chi connectivity index (χ2v) is 7.30. The third-order valence-electron chi connectivity index (χ3n) is 4.18. The Balaban J connectivity index is 1.50. The highest BCUT2D eigenvalue weighted by molar-refractivity contribution is 9.10. The molecule has 0 saturated carbocycles. The van der Waals surface area contributed by atoms with Gasteiger partial charge in [-0.25, -0.2) is 0 Å². The summed E-state index contributed by atoms with van der Waals surface area (Å²) in [6.07, 6.45) is 0. The fourth-order valence-electron chi connectivity index (χ4n) is 2.73. The van der Waals surface area contributed by atoms with Crippen molar-refractivity contribution in [3.8, 4) is 0 Å². The molecule has 0 spiro atoms. The van der Waals surface area contributed by atoms with Crippen LogP contribution in [0.1, 0.15) is 11.1 Å². The maximum atomic E-state index is 5.40. The minimum Gasteiger partial charge on any atom is -0.378 e. The van der Waals surface area contributed by atoms with Crippen molar-refractivity contribution in [2.45, 2.75) is 13.5 Å². The Labute approximate surface area is 162 Å². The SMILES string of the molecule is Cc1cc(NC(=S)NCc2ccc(N3CCOCC3)cc2)ccc1Br. The monoisotopic (exact) mass is 419 g/mol. The molecule has 25 heavy (non-hydrogen) atoms. The van der Waals surface area contributed by atoms with Crippen LogP contribution in [0, 0.1) is 6.92 Å². The fourth-order valence-corrected chi connectivity index (χ4v) is 3.16. The van der Waals surface area contributed by atoms with Crippen LogP contribution in [-0.4, -0.2) is 31.4 Å². The number of hydrogen-bond donors (Lipinski definition) is 2. The molecule has 0 radical (unpaired) electrons. The van der Waals surface area contributed by atoms with E-state index in [1.54, 1.807) is 0 Å². The molecule has 4 nitrogen and oxygen atoms in total. The third kappa shape index (κ3) is 5.17. The molecule has 0 atom stereocenters. The first kappa shape index (κ1) is 18.2. The number of hydrogen-bond acceptors (Lipinski definition) is 3. The summed E-state index contributed by atoms with van der Waals surface area (Å²) in [6.45, 7) is 6.28. The van der Waals surface area contributed by atoms with Crippen molar-refractivity contribution in [3.63, 3.8) is 0 Å². The zero-order chi connectivity index (χ0) is 17.6. The number of rotatable bonds is 4. The lowest BCUT2D eigenvalue weighted by Crippen LogP contribution is -2.36. The average molecular weight is 420 g/mol. The van der Waals surface area contributed by atoms with Crippen molar-refractivity contribution < 1.29 is 4.74 Å². The summed E-state index contributed by atoms with van der Waals surface area (Å²) in [5, 5.41) is 7.10. The van der Waals surface area contributed by atoms with Gasteiger partial charge in [0.25, 0.3) is 0 Å². The van der Waals surface area contributed by atoms with Crippen LogP contribution in [0.2, 0.25) is 0 Å². The quantitative estimate of drug-likeness (QED) is 0.730. The van der Waals surface area contributed by atoms with Crippen molar-refractivity contribution >= 4 is 44.6 Å². The molecule has 0 unspecified atom stereocenters. The zero-order valence-corrected chi connectivity index (χ0v) is 16.6. The molecule has 0 aromatic heterocycles. The molecule has 6 heteroatoms. The molecule has 1 aliphatic heterocycles. The summed E-state index contributed by atoms with van der Waals surface area (Å²) in [5.41, 5.74) is 4.61. The lowest BCUT2D eigenvalue weighted by atomic mass is 10.2. The van der Waals surface area contributed by atoms with Crippen LogP contribution < -0.4 is 15.5 Å². The number of nitrogens with one attached hydrogen (secondary N) is 2. The standard InChI is InChI=1S/C19H22BrN3OS/c1-14-12-16(4-7-18(14)20)22-19(25)21-13-15-2-5-17(6-3-15)23-8-10-24-11-9-23/h2-7,12H,8-11,13H2,1H3,(H2,21,22,25). The van der Waals surface area contributed by atoms with E-state index in [-0.39, 0.29) is 0 Å². The first-order chi connectivity index (χ1) is 12.1. The minimum atomic E-state index is 0.624. The molecule has 2 N–H and O–H groups in total. The molecule has 0 amide bonds. The summed E-state index contributed by atoms with van der Waals surface area (Å²) >= 11 is 8.89. The fraction of sp³-hybridized carbons (Fsp3) is 0.316. The summed E-state index contributed by atoms with van der Waals surface area (Å²) in [4.78, 5) is 2.35. The Morgan fingerprint density at radius 1 is 1.16 bits per heavy atom. The second-order valence-electron chi connectivity index (χ2n) is 6.04. The zero-order valence-electron chi connectivity index (χ0n) is 14.2. The molecular formula is C19H22BrN3OS. The van der Waals surface area contributed by atoms with Gasteiger partial charge in [0.05, 0.1) is 13.2 Å². The van der Waals surface area contributed by atoms with Gasteiger partial charge < -0.3 is 20.3 Å². The second kappa shape index (κ2) is 8.65. The van der Waals surface area contributed by atoms with E-state index < -0.39 is 0 Å². The van der Waals surface area contributed by atoms with Gasteiger partial charge in [-0.05, 0) is 60.6 Å². The molecule has 1 saturated heterocycles. The van der Waals surface area contributed by atoms with Gasteiger partial charge in [-0.2, -0.15) is 0 Å². The number of morpholine rings is 1. The summed E-state index contributed by atoms with van der Waals surface area (Å²) in [7, 11) is 0. The van der Waals surface area contributed by atoms with Gasteiger partial charge in [0.15, 0.2) is 5.11 Å². The summed E-state index contributed by atoms with van der Waals surface area (Å²) < 4.78 is 6.49. The largest absolute Gasteiger partial charge is 0.378 e. The molecule has 3 rings (SSSR count). The van der Waals surface area contributed by atoms with Crippen LogP contribution >= 0.6 is 28.1 Å².